The van der Waals surface area contributed by atoms with Crippen LogP contribution in [0.5, 0.6) is 0 Å². The number of H-pyrrole nitrogens is 4. The van der Waals surface area contributed by atoms with Gasteiger partial charge < -0.3 is 19.9 Å². The van der Waals surface area contributed by atoms with Gasteiger partial charge in [-0.25, -0.2) is 19.9 Å². The molecule has 0 saturated heterocycles. The molecule has 0 fully saturated rings. The van der Waals surface area contributed by atoms with E-state index >= 15 is 0 Å². The SMILES string of the molecule is c1ccc2c(c1)cc1[nH]c3nc1c2c1nc2c(cc4ccccc4c2c2nc4c(cc5ccccc5c4c4nc5c(cc6ccccc6c35)[nH]4)[nH]2)[nH]1. The first kappa shape index (κ1) is 26.5. The molecule has 0 aliphatic rings. The fraction of sp³-hybridized carbons (Fsp3) is 0. The van der Waals surface area contributed by atoms with Gasteiger partial charge in [0, 0.05) is 0 Å². The quantitative estimate of drug-likeness (QED) is 0.129. The molecule has 52 heavy (non-hydrogen) atoms. The van der Waals surface area contributed by atoms with E-state index in [9.17, 15) is 0 Å². The summed E-state index contributed by atoms with van der Waals surface area (Å²) >= 11 is 0. The van der Waals surface area contributed by atoms with Gasteiger partial charge in [0.25, 0.3) is 0 Å². The Hall–Kier alpha value is -7.32. The number of imidazole rings is 4. The molecule has 0 spiro atoms. The highest BCUT2D eigenvalue weighted by Crippen LogP contribution is 2.39. The van der Waals surface area contributed by atoms with Crippen LogP contribution in [-0.4, -0.2) is 39.9 Å². The van der Waals surface area contributed by atoms with Crippen molar-refractivity contribution in [3.05, 3.63) is 121 Å². The number of rotatable bonds is 0. The van der Waals surface area contributed by atoms with Crippen molar-refractivity contribution < 1.29 is 0 Å². The summed E-state index contributed by atoms with van der Waals surface area (Å²) in [5, 5.41) is 12.5. The van der Waals surface area contributed by atoms with Gasteiger partial charge >= 0.3 is 0 Å². The van der Waals surface area contributed by atoms with Gasteiger partial charge in [0.2, 0.25) is 0 Å². The van der Waals surface area contributed by atoms with Gasteiger partial charge in [-0.15, -0.1) is 0 Å². The van der Waals surface area contributed by atoms with E-state index in [-0.39, 0.29) is 0 Å². The first-order chi connectivity index (χ1) is 25.7. The smallest absolute Gasteiger partial charge is 0.141 e. The third-order valence-electron chi connectivity index (χ3n) is 10.9. The van der Waals surface area contributed by atoms with E-state index in [2.05, 4.69) is 141 Å². The zero-order valence-corrected chi connectivity index (χ0v) is 27.3. The summed E-state index contributed by atoms with van der Waals surface area (Å²) in [7, 11) is 0. The van der Waals surface area contributed by atoms with E-state index in [0.29, 0.717) is 0 Å². The molecule has 0 aliphatic carbocycles. The maximum atomic E-state index is 5.44. The Morgan fingerprint density at radius 1 is 0.288 bits per heavy atom. The summed E-state index contributed by atoms with van der Waals surface area (Å²) in [5.74, 6) is 0. The fourth-order valence-corrected chi connectivity index (χ4v) is 8.69. The molecule has 0 radical (unpaired) electrons. The molecular formula is C44H24N8. The van der Waals surface area contributed by atoms with E-state index in [1.807, 2.05) is 0 Å². The van der Waals surface area contributed by atoms with Crippen LogP contribution in [-0.2, 0) is 0 Å². The summed E-state index contributed by atoms with van der Waals surface area (Å²) in [6.45, 7) is 0. The Labute approximate surface area is 291 Å². The van der Waals surface area contributed by atoms with Gasteiger partial charge in [0.1, 0.15) is 44.7 Å². The molecule has 0 saturated carbocycles. The first-order valence-corrected chi connectivity index (χ1v) is 17.4. The average molecular weight is 665 g/mol. The van der Waals surface area contributed by atoms with Crippen LogP contribution in [0.3, 0.4) is 0 Å². The standard InChI is InChI=1S/C44H24N8/c1-5-13-25-21(9-1)17-29-37-33(25)41-46-30-18-22-10-3-7-15-27(22)35(38(30)50-41)43-48-32-20-24-12-4-8-16-28(24)36(40(32)52-43)44-47-31-19-23-11-2-6-14-26(23)34(39(31)51-44)42(45-29)49-37/h1-20H,(H,45,49)(H,46,50)(H,47,51)(H,48,52). The lowest BCUT2D eigenvalue weighted by molar-refractivity contribution is 1.46. The maximum Gasteiger partial charge on any atom is 0.141 e. The van der Waals surface area contributed by atoms with Crippen molar-refractivity contribution in [1.82, 2.24) is 39.9 Å². The van der Waals surface area contributed by atoms with Crippen molar-refractivity contribution in [2.75, 3.05) is 0 Å². The molecule has 0 unspecified atom stereocenters. The lowest BCUT2D eigenvalue weighted by atomic mass is 10.1. The fourth-order valence-electron chi connectivity index (χ4n) is 8.69. The van der Waals surface area contributed by atoms with Gasteiger partial charge in [-0.1, -0.05) is 97.1 Å². The normalized spacial score (nSPS) is 12.6. The predicted molar refractivity (Wildman–Crippen MR) is 214 cm³/mol. The minimum atomic E-state index is 0.756. The molecule has 5 aromatic heterocycles. The number of nitrogens with one attached hydrogen (secondary N) is 4. The highest BCUT2D eigenvalue weighted by Gasteiger charge is 2.19. The molecule has 0 atom stereocenters. The highest BCUT2D eigenvalue weighted by atomic mass is 15.0. The van der Waals surface area contributed by atoms with Crippen molar-refractivity contribution in [1.29, 1.82) is 0 Å². The summed E-state index contributed by atoms with van der Waals surface area (Å²) in [5.41, 5.74) is 10.1. The maximum absolute atomic E-state index is 5.44. The molecule has 13 aromatic rings. The Balaban J connectivity index is 1.41. The van der Waals surface area contributed by atoms with Gasteiger partial charge in [0.15, 0.2) is 0 Å². The predicted octanol–water partition coefficient (Wildman–Crippen LogP) is 11.0. The van der Waals surface area contributed by atoms with E-state index < -0.39 is 0 Å². The highest BCUT2D eigenvalue weighted by molar-refractivity contribution is 6.26. The topological polar surface area (TPSA) is 115 Å². The number of fused-ring (bicyclic) bond motifs is 16. The Morgan fingerprint density at radius 2 is 0.519 bits per heavy atom. The van der Waals surface area contributed by atoms with Gasteiger partial charge in [0.05, 0.1) is 43.6 Å². The Morgan fingerprint density at radius 3 is 0.769 bits per heavy atom. The molecule has 0 amide bonds. The number of aromatic nitrogens is 8. The molecule has 8 bridgehead atoms. The molecule has 13 rings (SSSR count). The molecule has 0 aliphatic heterocycles. The van der Waals surface area contributed by atoms with Crippen molar-refractivity contribution in [2.24, 2.45) is 0 Å². The summed E-state index contributed by atoms with van der Waals surface area (Å²) in [4.78, 5) is 36.8. The van der Waals surface area contributed by atoms with Crippen LogP contribution in [0.1, 0.15) is 0 Å². The second kappa shape index (κ2) is 9.26. The largest absolute Gasteiger partial charge is 0.338 e. The minimum absolute atomic E-state index is 0.756. The molecule has 8 aromatic carbocycles. The van der Waals surface area contributed by atoms with Crippen molar-refractivity contribution in [3.63, 3.8) is 0 Å². The zero-order chi connectivity index (χ0) is 33.7. The average Bonchev–Trinajstić information content (AvgIpc) is 3.98. The van der Waals surface area contributed by atoms with Crippen molar-refractivity contribution in [2.45, 2.75) is 0 Å². The number of hydrogen-bond donors (Lipinski definition) is 4. The first-order valence-electron chi connectivity index (χ1n) is 17.4. The minimum Gasteiger partial charge on any atom is -0.338 e. The van der Waals surface area contributed by atoms with Crippen LogP contribution >= 0.6 is 0 Å². The Bertz CT molecular complexity index is 3270. The Kier molecular flexibility index (Phi) is 4.73. The monoisotopic (exact) mass is 664 g/mol. The third-order valence-corrected chi connectivity index (χ3v) is 10.9. The van der Waals surface area contributed by atoms with E-state index in [0.717, 1.165) is 131 Å². The number of aromatic amines is 4. The van der Waals surface area contributed by atoms with E-state index in [4.69, 9.17) is 19.9 Å². The van der Waals surface area contributed by atoms with Crippen LogP contribution in [0, 0.1) is 0 Å². The number of hydrogen-bond acceptors (Lipinski definition) is 4. The van der Waals surface area contributed by atoms with Gasteiger partial charge in [-0.3, -0.25) is 0 Å². The molecule has 8 nitrogen and oxygen atoms in total. The molecule has 240 valence electrons. The second-order valence-electron chi connectivity index (χ2n) is 13.8. The molecular weight excluding hydrogens is 641 g/mol. The second-order valence-corrected chi connectivity index (χ2v) is 13.8. The van der Waals surface area contributed by atoms with Crippen LogP contribution in [0.2, 0.25) is 0 Å². The molecule has 5 heterocycles. The van der Waals surface area contributed by atoms with Crippen LogP contribution in [0.25, 0.3) is 131 Å². The zero-order valence-electron chi connectivity index (χ0n) is 27.3. The molecule has 8 heteroatoms. The van der Waals surface area contributed by atoms with Crippen molar-refractivity contribution in [3.8, 4) is 0 Å². The number of benzene rings is 8. The van der Waals surface area contributed by atoms with E-state index in [1.54, 1.807) is 0 Å². The van der Waals surface area contributed by atoms with Crippen LogP contribution < -0.4 is 0 Å². The van der Waals surface area contributed by atoms with E-state index in [1.165, 1.54) is 0 Å². The lowest BCUT2D eigenvalue weighted by Crippen LogP contribution is -1.82. The van der Waals surface area contributed by atoms with Crippen LogP contribution in [0.4, 0.5) is 0 Å². The summed E-state index contributed by atoms with van der Waals surface area (Å²) in [6, 6.07) is 42.6. The van der Waals surface area contributed by atoms with Crippen molar-refractivity contribution >= 4 is 131 Å². The molecule has 4 N–H and O–H groups in total. The summed E-state index contributed by atoms with van der Waals surface area (Å²) < 4.78 is 0. The number of nitrogens with zero attached hydrogens (tertiary/aromatic N) is 4. The summed E-state index contributed by atoms with van der Waals surface area (Å²) in [6.07, 6.45) is 0. The lowest BCUT2D eigenvalue weighted by Gasteiger charge is -2.01. The van der Waals surface area contributed by atoms with Gasteiger partial charge in [-0.2, -0.15) is 0 Å². The van der Waals surface area contributed by atoms with Crippen LogP contribution in [0.15, 0.2) is 121 Å². The third kappa shape index (κ3) is 3.35. The van der Waals surface area contributed by atoms with Gasteiger partial charge in [-0.05, 0) is 67.4 Å².